The number of nitrogens with one attached hydrogen (secondary N) is 1. The molecule has 1 aliphatic heterocycles. The van der Waals surface area contributed by atoms with Gasteiger partial charge in [0.2, 0.25) is 0 Å². The van der Waals surface area contributed by atoms with Gasteiger partial charge in [-0.15, -0.1) is 0 Å². The van der Waals surface area contributed by atoms with Gasteiger partial charge >= 0.3 is 0 Å². The minimum Gasteiger partial charge on any atom is -0.316 e. The fourth-order valence-electron chi connectivity index (χ4n) is 0.766. The van der Waals surface area contributed by atoms with Crippen molar-refractivity contribution in [2.75, 3.05) is 13.1 Å². The Morgan fingerprint density at radius 2 is 2.38 bits per heavy atom. The second kappa shape index (κ2) is 2.82. The van der Waals surface area contributed by atoms with Crippen molar-refractivity contribution in [2.45, 2.75) is 12.8 Å². The SMILES string of the molecule is FC1=CCCNCC1. The van der Waals surface area contributed by atoms with Gasteiger partial charge in [-0.3, -0.25) is 0 Å². The maximum absolute atomic E-state index is 12.3. The molecule has 0 spiro atoms. The van der Waals surface area contributed by atoms with Crippen molar-refractivity contribution >= 4 is 0 Å². The van der Waals surface area contributed by atoms with Gasteiger partial charge < -0.3 is 5.32 Å². The molecule has 0 radical (unpaired) electrons. The Morgan fingerprint density at radius 1 is 1.50 bits per heavy atom. The first kappa shape index (κ1) is 5.76. The summed E-state index contributed by atoms with van der Waals surface area (Å²) < 4.78 is 12.3. The van der Waals surface area contributed by atoms with Gasteiger partial charge in [0.15, 0.2) is 0 Å². The highest BCUT2D eigenvalue weighted by Crippen LogP contribution is 2.04. The predicted octanol–water partition coefficient (Wildman–Crippen LogP) is 1.22. The molecule has 2 heteroatoms. The zero-order chi connectivity index (χ0) is 5.82. The van der Waals surface area contributed by atoms with E-state index in [4.69, 9.17) is 0 Å². The van der Waals surface area contributed by atoms with Gasteiger partial charge in [0.25, 0.3) is 0 Å². The lowest BCUT2D eigenvalue weighted by atomic mass is 10.3. The van der Waals surface area contributed by atoms with Crippen LogP contribution in [0.2, 0.25) is 0 Å². The van der Waals surface area contributed by atoms with Crippen molar-refractivity contribution in [3.63, 3.8) is 0 Å². The molecule has 0 aromatic heterocycles. The van der Waals surface area contributed by atoms with Gasteiger partial charge in [-0.2, -0.15) is 0 Å². The Balaban J connectivity index is 2.36. The van der Waals surface area contributed by atoms with E-state index >= 15 is 0 Å². The van der Waals surface area contributed by atoms with Crippen molar-refractivity contribution in [3.8, 4) is 0 Å². The quantitative estimate of drug-likeness (QED) is 0.500. The second-order valence-electron chi connectivity index (χ2n) is 1.94. The first-order chi connectivity index (χ1) is 3.89. The van der Waals surface area contributed by atoms with Crippen LogP contribution >= 0.6 is 0 Å². The predicted molar refractivity (Wildman–Crippen MR) is 31.3 cm³/mol. The van der Waals surface area contributed by atoms with E-state index in [1.54, 1.807) is 6.08 Å². The Hall–Kier alpha value is -0.370. The monoisotopic (exact) mass is 115 g/mol. The zero-order valence-electron chi connectivity index (χ0n) is 4.78. The highest BCUT2D eigenvalue weighted by atomic mass is 19.1. The first-order valence-corrected chi connectivity index (χ1v) is 2.95. The van der Waals surface area contributed by atoms with E-state index in [0.29, 0.717) is 6.42 Å². The lowest BCUT2D eigenvalue weighted by Gasteiger charge is -1.92. The number of hydrogen-bond acceptors (Lipinski definition) is 1. The van der Waals surface area contributed by atoms with Crippen LogP contribution in [0.4, 0.5) is 4.39 Å². The Bertz CT molecular complexity index is 98.7. The molecule has 0 aromatic carbocycles. The summed E-state index contributed by atoms with van der Waals surface area (Å²) in [5, 5.41) is 3.09. The fourth-order valence-corrected chi connectivity index (χ4v) is 0.766. The van der Waals surface area contributed by atoms with Crippen LogP contribution in [0.15, 0.2) is 11.9 Å². The van der Waals surface area contributed by atoms with E-state index in [9.17, 15) is 4.39 Å². The van der Waals surface area contributed by atoms with Crippen LogP contribution in [0.25, 0.3) is 0 Å². The van der Waals surface area contributed by atoms with Gasteiger partial charge in [0, 0.05) is 13.0 Å². The summed E-state index contributed by atoms with van der Waals surface area (Å²) >= 11 is 0. The standard InChI is InChI=1S/C6H10FN/c7-6-2-1-4-8-5-3-6/h2,8H,1,3-5H2. The van der Waals surface area contributed by atoms with Crippen molar-refractivity contribution in [2.24, 2.45) is 0 Å². The lowest BCUT2D eigenvalue weighted by molar-refractivity contribution is 0.580. The molecule has 0 fully saturated rings. The number of halogens is 1. The van der Waals surface area contributed by atoms with Gasteiger partial charge in [0.1, 0.15) is 0 Å². The van der Waals surface area contributed by atoms with Crippen molar-refractivity contribution in [1.82, 2.24) is 5.32 Å². The highest BCUT2D eigenvalue weighted by Gasteiger charge is 1.97. The first-order valence-electron chi connectivity index (χ1n) is 2.95. The Labute approximate surface area is 48.6 Å². The molecule has 8 heavy (non-hydrogen) atoms. The number of rotatable bonds is 0. The largest absolute Gasteiger partial charge is 0.316 e. The molecule has 0 saturated heterocycles. The molecule has 46 valence electrons. The summed E-state index contributed by atoms with van der Waals surface area (Å²) in [7, 11) is 0. The van der Waals surface area contributed by atoms with E-state index in [0.717, 1.165) is 19.5 Å². The highest BCUT2D eigenvalue weighted by molar-refractivity contribution is 4.94. The molecular weight excluding hydrogens is 105 g/mol. The second-order valence-corrected chi connectivity index (χ2v) is 1.94. The fraction of sp³-hybridized carbons (Fsp3) is 0.667. The van der Waals surface area contributed by atoms with E-state index in [2.05, 4.69) is 5.32 Å². The summed E-state index contributed by atoms with van der Waals surface area (Å²) in [5.41, 5.74) is 0. The maximum atomic E-state index is 12.3. The van der Waals surface area contributed by atoms with E-state index < -0.39 is 0 Å². The smallest absolute Gasteiger partial charge is 0.0972 e. The topological polar surface area (TPSA) is 12.0 Å². The normalized spacial score (nSPS) is 21.9. The summed E-state index contributed by atoms with van der Waals surface area (Å²) in [6, 6.07) is 0. The van der Waals surface area contributed by atoms with Gasteiger partial charge in [0.05, 0.1) is 5.83 Å². The number of hydrogen-bond donors (Lipinski definition) is 1. The van der Waals surface area contributed by atoms with Crippen LogP contribution in [0.3, 0.4) is 0 Å². The zero-order valence-corrected chi connectivity index (χ0v) is 4.78. The molecule has 1 rings (SSSR count). The minimum absolute atomic E-state index is 0.0370. The van der Waals surface area contributed by atoms with Gasteiger partial charge in [-0.25, -0.2) is 4.39 Å². The third-order valence-corrected chi connectivity index (χ3v) is 1.23. The summed E-state index contributed by atoms with van der Waals surface area (Å²) in [5.74, 6) is 0.0370. The summed E-state index contributed by atoms with van der Waals surface area (Å²) in [6.07, 6.45) is 3.06. The molecule has 0 aromatic rings. The molecule has 1 N–H and O–H groups in total. The molecule has 1 nitrogen and oxygen atoms in total. The van der Waals surface area contributed by atoms with E-state index in [1.807, 2.05) is 0 Å². The maximum Gasteiger partial charge on any atom is 0.0972 e. The molecule has 0 unspecified atom stereocenters. The van der Waals surface area contributed by atoms with Gasteiger partial charge in [-0.05, 0) is 13.0 Å². The molecule has 0 saturated carbocycles. The van der Waals surface area contributed by atoms with Crippen LogP contribution in [0, 0.1) is 0 Å². The minimum atomic E-state index is 0.0370. The van der Waals surface area contributed by atoms with Crippen LogP contribution < -0.4 is 5.32 Å². The van der Waals surface area contributed by atoms with Gasteiger partial charge in [-0.1, -0.05) is 6.08 Å². The third-order valence-electron chi connectivity index (χ3n) is 1.23. The molecule has 0 atom stereocenters. The van der Waals surface area contributed by atoms with Crippen molar-refractivity contribution in [1.29, 1.82) is 0 Å². The molecule has 1 aliphatic rings. The van der Waals surface area contributed by atoms with Crippen molar-refractivity contribution in [3.05, 3.63) is 11.9 Å². The van der Waals surface area contributed by atoms with Crippen LogP contribution in [0.5, 0.6) is 0 Å². The third kappa shape index (κ3) is 1.62. The Morgan fingerprint density at radius 3 is 3.25 bits per heavy atom. The molecule has 1 heterocycles. The average molecular weight is 115 g/mol. The average Bonchev–Trinajstić information content (AvgIpc) is 1.94. The van der Waals surface area contributed by atoms with E-state index in [-0.39, 0.29) is 5.83 Å². The molecule has 0 aliphatic carbocycles. The van der Waals surface area contributed by atoms with Crippen LogP contribution in [0.1, 0.15) is 12.8 Å². The Kier molecular flexibility index (Phi) is 2.03. The lowest BCUT2D eigenvalue weighted by Crippen LogP contribution is -2.13. The molecular formula is C6H10FN. The summed E-state index contributed by atoms with van der Waals surface area (Å²) in [6.45, 7) is 1.72. The van der Waals surface area contributed by atoms with Crippen LogP contribution in [-0.2, 0) is 0 Å². The summed E-state index contributed by atoms with van der Waals surface area (Å²) in [4.78, 5) is 0. The van der Waals surface area contributed by atoms with Crippen LogP contribution in [-0.4, -0.2) is 13.1 Å². The van der Waals surface area contributed by atoms with Crippen molar-refractivity contribution < 1.29 is 4.39 Å². The molecule has 0 bridgehead atoms. The molecule has 0 amide bonds. The van der Waals surface area contributed by atoms with E-state index in [1.165, 1.54) is 0 Å².